The van der Waals surface area contributed by atoms with E-state index in [0.29, 0.717) is 6.10 Å². The Bertz CT molecular complexity index is 257. The SMILES string of the molecule is CC(C)(CO)C1(CC2CCCCO2)SCCCS1. The highest BCUT2D eigenvalue weighted by atomic mass is 32.2. The molecule has 1 atom stereocenters. The highest BCUT2D eigenvalue weighted by Gasteiger charge is 2.48. The first-order valence-electron chi connectivity index (χ1n) is 7.10. The summed E-state index contributed by atoms with van der Waals surface area (Å²) in [4.78, 5) is 0. The Balaban J connectivity index is 2.08. The zero-order chi connectivity index (χ0) is 13.1. The van der Waals surface area contributed by atoms with Crippen molar-refractivity contribution in [3.05, 3.63) is 0 Å². The molecule has 0 aromatic rings. The van der Waals surface area contributed by atoms with Crippen molar-refractivity contribution < 1.29 is 9.84 Å². The lowest BCUT2D eigenvalue weighted by Crippen LogP contribution is -2.46. The van der Waals surface area contributed by atoms with Crippen molar-refractivity contribution >= 4 is 23.5 Å². The van der Waals surface area contributed by atoms with Crippen molar-refractivity contribution in [1.82, 2.24) is 0 Å². The van der Waals surface area contributed by atoms with Gasteiger partial charge in [-0.05, 0) is 43.6 Å². The van der Waals surface area contributed by atoms with E-state index >= 15 is 0 Å². The largest absolute Gasteiger partial charge is 0.396 e. The van der Waals surface area contributed by atoms with Gasteiger partial charge in [-0.2, -0.15) is 0 Å². The van der Waals surface area contributed by atoms with Crippen LogP contribution in [-0.2, 0) is 4.74 Å². The van der Waals surface area contributed by atoms with E-state index in [1.165, 1.54) is 37.2 Å². The molecule has 2 aliphatic heterocycles. The molecule has 0 spiro atoms. The van der Waals surface area contributed by atoms with Gasteiger partial charge in [0.15, 0.2) is 0 Å². The molecule has 4 heteroatoms. The maximum atomic E-state index is 9.77. The number of hydrogen-bond donors (Lipinski definition) is 1. The molecule has 2 aliphatic rings. The lowest BCUT2D eigenvalue weighted by molar-refractivity contribution is -0.000417. The maximum absolute atomic E-state index is 9.77. The van der Waals surface area contributed by atoms with Crippen molar-refractivity contribution in [2.75, 3.05) is 24.7 Å². The van der Waals surface area contributed by atoms with Gasteiger partial charge in [0.05, 0.1) is 16.8 Å². The Morgan fingerprint density at radius 2 is 1.94 bits per heavy atom. The van der Waals surface area contributed by atoms with Crippen LogP contribution in [-0.4, -0.2) is 40.0 Å². The summed E-state index contributed by atoms with van der Waals surface area (Å²) in [6, 6.07) is 0. The van der Waals surface area contributed by atoms with Crippen LogP contribution in [0.3, 0.4) is 0 Å². The quantitative estimate of drug-likeness (QED) is 0.858. The molecule has 1 N–H and O–H groups in total. The highest BCUT2D eigenvalue weighted by molar-refractivity contribution is 8.18. The van der Waals surface area contributed by atoms with E-state index in [2.05, 4.69) is 37.4 Å². The highest BCUT2D eigenvalue weighted by Crippen LogP contribution is 2.56. The number of hydrogen-bond acceptors (Lipinski definition) is 4. The number of thioether (sulfide) groups is 2. The van der Waals surface area contributed by atoms with Gasteiger partial charge in [-0.15, -0.1) is 23.5 Å². The molecule has 2 saturated heterocycles. The normalized spacial score (nSPS) is 29.2. The minimum Gasteiger partial charge on any atom is -0.396 e. The summed E-state index contributed by atoms with van der Waals surface area (Å²) in [6.07, 6.45) is 6.51. The molecule has 18 heavy (non-hydrogen) atoms. The minimum atomic E-state index is -0.0381. The second-order valence-corrected chi connectivity index (χ2v) is 9.08. The van der Waals surface area contributed by atoms with Crippen LogP contribution in [0, 0.1) is 5.41 Å². The second kappa shape index (κ2) is 6.38. The summed E-state index contributed by atoms with van der Waals surface area (Å²) < 4.78 is 6.08. The molecule has 0 aliphatic carbocycles. The van der Waals surface area contributed by atoms with Gasteiger partial charge in [-0.1, -0.05) is 13.8 Å². The molecule has 2 rings (SSSR count). The van der Waals surface area contributed by atoms with E-state index < -0.39 is 0 Å². The van der Waals surface area contributed by atoms with Crippen molar-refractivity contribution in [3.8, 4) is 0 Å². The van der Waals surface area contributed by atoms with Crippen LogP contribution >= 0.6 is 23.5 Å². The molecule has 0 aromatic heterocycles. The minimum absolute atomic E-state index is 0.0381. The molecule has 0 radical (unpaired) electrons. The van der Waals surface area contributed by atoms with Crippen LogP contribution in [0.2, 0.25) is 0 Å². The number of aliphatic hydroxyl groups excluding tert-OH is 1. The molecule has 0 aromatic carbocycles. The summed E-state index contributed by atoms with van der Waals surface area (Å²) in [5.41, 5.74) is -0.0381. The fourth-order valence-electron chi connectivity index (χ4n) is 2.75. The van der Waals surface area contributed by atoms with Crippen LogP contribution in [0.25, 0.3) is 0 Å². The van der Waals surface area contributed by atoms with Crippen molar-refractivity contribution in [2.45, 2.75) is 56.1 Å². The fourth-order valence-corrected chi connectivity index (χ4v) is 6.52. The topological polar surface area (TPSA) is 29.5 Å². The Morgan fingerprint density at radius 3 is 2.50 bits per heavy atom. The van der Waals surface area contributed by atoms with Gasteiger partial charge in [0.1, 0.15) is 0 Å². The molecule has 1 unspecified atom stereocenters. The summed E-state index contributed by atoms with van der Waals surface area (Å²) in [6.45, 7) is 5.61. The van der Waals surface area contributed by atoms with Crippen molar-refractivity contribution in [2.24, 2.45) is 5.41 Å². The van der Waals surface area contributed by atoms with Crippen LogP contribution in [0.1, 0.15) is 46.0 Å². The zero-order valence-electron chi connectivity index (χ0n) is 11.6. The van der Waals surface area contributed by atoms with E-state index in [4.69, 9.17) is 4.74 Å². The van der Waals surface area contributed by atoms with Crippen LogP contribution in [0.5, 0.6) is 0 Å². The van der Waals surface area contributed by atoms with Gasteiger partial charge < -0.3 is 9.84 Å². The third kappa shape index (κ3) is 3.20. The molecular formula is C14H26O2S2. The number of aliphatic hydroxyl groups is 1. The van der Waals surface area contributed by atoms with Crippen LogP contribution in [0.15, 0.2) is 0 Å². The van der Waals surface area contributed by atoms with Crippen LogP contribution in [0.4, 0.5) is 0 Å². The summed E-state index contributed by atoms with van der Waals surface area (Å²) >= 11 is 4.12. The summed E-state index contributed by atoms with van der Waals surface area (Å²) in [5.74, 6) is 2.45. The van der Waals surface area contributed by atoms with Crippen molar-refractivity contribution in [1.29, 1.82) is 0 Å². The molecule has 2 heterocycles. The average molecular weight is 290 g/mol. The Hall–Kier alpha value is 0.620. The van der Waals surface area contributed by atoms with Crippen molar-refractivity contribution in [3.63, 3.8) is 0 Å². The molecule has 0 saturated carbocycles. The first-order chi connectivity index (χ1) is 8.60. The lowest BCUT2D eigenvalue weighted by atomic mass is 9.85. The Labute approximate surface area is 120 Å². The van der Waals surface area contributed by atoms with E-state index in [0.717, 1.165) is 13.0 Å². The lowest BCUT2D eigenvalue weighted by Gasteiger charge is -2.49. The molecule has 2 fully saturated rings. The first kappa shape index (κ1) is 15.0. The predicted octanol–water partition coefficient (Wildman–Crippen LogP) is 3.53. The molecule has 2 nitrogen and oxygen atoms in total. The van der Waals surface area contributed by atoms with Crippen LogP contribution < -0.4 is 0 Å². The standard InChI is InChI=1S/C14H26O2S2/c1-13(2,11-15)14(17-8-5-9-18-14)10-12-6-3-4-7-16-12/h12,15H,3-11H2,1-2H3. The summed E-state index contributed by atoms with van der Waals surface area (Å²) in [7, 11) is 0. The fraction of sp³-hybridized carbons (Fsp3) is 1.00. The van der Waals surface area contributed by atoms with E-state index in [1.807, 2.05) is 0 Å². The number of ether oxygens (including phenoxy) is 1. The van der Waals surface area contributed by atoms with E-state index in [1.54, 1.807) is 0 Å². The molecule has 0 amide bonds. The van der Waals surface area contributed by atoms with Gasteiger partial charge >= 0.3 is 0 Å². The summed E-state index contributed by atoms with van der Waals surface area (Å²) in [5, 5.41) is 9.77. The predicted molar refractivity (Wildman–Crippen MR) is 81.3 cm³/mol. The molecule has 0 bridgehead atoms. The third-order valence-electron chi connectivity index (χ3n) is 4.16. The van der Waals surface area contributed by atoms with E-state index in [-0.39, 0.29) is 16.1 Å². The average Bonchev–Trinajstić information content (AvgIpc) is 2.41. The van der Waals surface area contributed by atoms with Gasteiger partial charge in [-0.3, -0.25) is 0 Å². The van der Waals surface area contributed by atoms with Gasteiger partial charge in [-0.25, -0.2) is 0 Å². The van der Waals surface area contributed by atoms with Gasteiger partial charge in [0.25, 0.3) is 0 Å². The maximum Gasteiger partial charge on any atom is 0.0708 e. The Morgan fingerprint density at radius 1 is 1.22 bits per heavy atom. The molecule has 106 valence electrons. The molecular weight excluding hydrogens is 264 g/mol. The monoisotopic (exact) mass is 290 g/mol. The van der Waals surface area contributed by atoms with Gasteiger partial charge in [0.2, 0.25) is 0 Å². The van der Waals surface area contributed by atoms with E-state index in [9.17, 15) is 5.11 Å². The zero-order valence-corrected chi connectivity index (χ0v) is 13.2. The first-order valence-corrected chi connectivity index (χ1v) is 9.07. The Kier molecular flexibility index (Phi) is 5.32. The third-order valence-corrected chi connectivity index (χ3v) is 8.22. The smallest absolute Gasteiger partial charge is 0.0708 e. The number of rotatable bonds is 4. The second-order valence-electron chi connectivity index (χ2n) is 6.04. The van der Waals surface area contributed by atoms with Gasteiger partial charge in [0, 0.05) is 12.0 Å².